The van der Waals surface area contributed by atoms with Crippen molar-refractivity contribution in [2.75, 3.05) is 26.2 Å². The lowest BCUT2D eigenvalue weighted by Crippen LogP contribution is -2.55. The zero-order valence-corrected chi connectivity index (χ0v) is 8.80. The quantitative estimate of drug-likeness (QED) is 0.703. The molecule has 2 rings (SSSR count). The van der Waals surface area contributed by atoms with Gasteiger partial charge < -0.3 is 10.2 Å². The topological polar surface area (TPSA) is 32.3 Å². The van der Waals surface area contributed by atoms with Crippen LogP contribution in [0.2, 0.25) is 0 Å². The summed E-state index contributed by atoms with van der Waals surface area (Å²) in [5.74, 6) is -3.54. The summed E-state index contributed by atoms with van der Waals surface area (Å²) in [7, 11) is 0. The first-order valence-corrected chi connectivity index (χ1v) is 5.34. The summed E-state index contributed by atoms with van der Waals surface area (Å²) in [6, 6.07) is 0. The van der Waals surface area contributed by atoms with Crippen LogP contribution < -0.4 is 5.32 Å². The van der Waals surface area contributed by atoms with Crippen molar-refractivity contribution >= 4 is 5.91 Å². The standard InChI is InChI=1S/C10H16F2N2O/c1-10(11,12)9(15)14-5-7-2-8(6-14)4-13-3-7/h7-8,13H,2-6H2,1H3. The van der Waals surface area contributed by atoms with E-state index < -0.39 is 11.8 Å². The number of halogens is 2. The molecule has 0 aromatic carbocycles. The maximum absolute atomic E-state index is 12.9. The van der Waals surface area contributed by atoms with Crippen LogP contribution in [0.15, 0.2) is 0 Å². The maximum atomic E-state index is 12.9. The van der Waals surface area contributed by atoms with E-state index in [2.05, 4.69) is 5.32 Å². The van der Waals surface area contributed by atoms with Crippen LogP contribution in [0.5, 0.6) is 0 Å². The van der Waals surface area contributed by atoms with Gasteiger partial charge in [0.25, 0.3) is 5.91 Å². The highest BCUT2D eigenvalue weighted by Crippen LogP contribution is 2.27. The molecule has 2 atom stereocenters. The van der Waals surface area contributed by atoms with E-state index in [4.69, 9.17) is 0 Å². The van der Waals surface area contributed by atoms with Gasteiger partial charge in [-0.3, -0.25) is 4.79 Å². The molecule has 5 heteroatoms. The van der Waals surface area contributed by atoms with Gasteiger partial charge in [-0.2, -0.15) is 8.78 Å². The summed E-state index contributed by atoms with van der Waals surface area (Å²) in [6.07, 6.45) is 1.06. The SMILES string of the molecule is CC(F)(F)C(=O)N1CC2CNCC(C2)C1. The molecule has 2 bridgehead atoms. The van der Waals surface area contributed by atoms with Gasteiger partial charge in [0.1, 0.15) is 0 Å². The molecule has 2 aliphatic heterocycles. The minimum Gasteiger partial charge on any atom is -0.337 e. The van der Waals surface area contributed by atoms with E-state index in [0.29, 0.717) is 31.8 Å². The number of nitrogens with one attached hydrogen (secondary N) is 1. The second kappa shape index (κ2) is 3.70. The van der Waals surface area contributed by atoms with Crippen molar-refractivity contribution < 1.29 is 13.6 Å². The van der Waals surface area contributed by atoms with Gasteiger partial charge in [-0.1, -0.05) is 0 Å². The van der Waals surface area contributed by atoms with Crippen molar-refractivity contribution in [3.05, 3.63) is 0 Å². The van der Waals surface area contributed by atoms with Gasteiger partial charge in [0.2, 0.25) is 0 Å². The van der Waals surface area contributed by atoms with Gasteiger partial charge >= 0.3 is 5.92 Å². The fraction of sp³-hybridized carbons (Fsp3) is 0.900. The summed E-state index contributed by atoms with van der Waals surface area (Å²) < 4.78 is 25.7. The number of piperidine rings is 2. The van der Waals surface area contributed by atoms with Crippen LogP contribution in [0, 0.1) is 11.8 Å². The number of rotatable bonds is 1. The molecule has 2 aliphatic rings. The monoisotopic (exact) mass is 218 g/mol. The van der Waals surface area contributed by atoms with Gasteiger partial charge in [-0.15, -0.1) is 0 Å². The van der Waals surface area contributed by atoms with E-state index in [1.807, 2.05) is 0 Å². The van der Waals surface area contributed by atoms with Crippen LogP contribution in [-0.2, 0) is 4.79 Å². The minimum absolute atomic E-state index is 0.351. The summed E-state index contributed by atoms with van der Waals surface area (Å²) >= 11 is 0. The van der Waals surface area contributed by atoms with E-state index in [0.717, 1.165) is 19.5 Å². The lowest BCUT2D eigenvalue weighted by atomic mass is 9.85. The summed E-state index contributed by atoms with van der Waals surface area (Å²) in [4.78, 5) is 12.7. The largest absolute Gasteiger partial charge is 0.337 e. The Morgan fingerprint density at radius 3 is 2.33 bits per heavy atom. The molecule has 0 radical (unpaired) electrons. The van der Waals surface area contributed by atoms with Crippen LogP contribution in [0.4, 0.5) is 8.78 Å². The molecule has 2 heterocycles. The lowest BCUT2D eigenvalue weighted by molar-refractivity contribution is -0.158. The van der Waals surface area contributed by atoms with Crippen LogP contribution in [0.3, 0.4) is 0 Å². The van der Waals surface area contributed by atoms with Gasteiger partial charge in [-0.25, -0.2) is 0 Å². The molecular formula is C10H16F2N2O. The first-order chi connectivity index (χ1) is 6.97. The number of fused-ring (bicyclic) bond motifs is 2. The molecule has 2 saturated heterocycles. The normalized spacial score (nSPS) is 31.5. The third-order valence-corrected chi connectivity index (χ3v) is 3.15. The molecular weight excluding hydrogens is 202 g/mol. The second-order valence-corrected chi connectivity index (χ2v) is 4.72. The molecule has 0 aromatic heterocycles. The minimum atomic E-state index is -3.22. The highest BCUT2D eigenvalue weighted by molar-refractivity contribution is 5.83. The molecule has 0 aromatic rings. The van der Waals surface area contributed by atoms with Crippen molar-refractivity contribution in [1.82, 2.24) is 10.2 Å². The van der Waals surface area contributed by atoms with E-state index in [9.17, 15) is 13.6 Å². The van der Waals surface area contributed by atoms with Crippen LogP contribution in [-0.4, -0.2) is 42.9 Å². The number of carbonyl (C=O) groups is 1. The Kier molecular flexibility index (Phi) is 2.66. The van der Waals surface area contributed by atoms with Crippen molar-refractivity contribution in [1.29, 1.82) is 0 Å². The highest BCUT2D eigenvalue weighted by Gasteiger charge is 2.41. The third kappa shape index (κ3) is 2.27. The van der Waals surface area contributed by atoms with Crippen molar-refractivity contribution in [2.45, 2.75) is 19.3 Å². The summed E-state index contributed by atoms with van der Waals surface area (Å²) in [5.41, 5.74) is 0. The van der Waals surface area contributed by atoms with Crippen molar-refractivity contribution in [3.63, 3.8) is 0 Å². The molecule has 2 fully saturated rings. The Balaban J connectivity index is 2.02. The van der Waals surface area contributed by atoms with E-state index in [-0.39, 0.29) is 0 Å². The Labute approximate surface area is 87.8 Å². The highest BCUT2D eigenvalue weighted by atomic mass is 19.3. The molecule has 3 nitrogen and oxygen atoms in total. The van der Waals surface area contributed by atoms with Crippen LogP contribution >= 0.6 is 0 Å². The predicted octanol–water partition coefficient (Wildman–Crippen LogP) is 0.710. The Morgan fingerprint density at radius 2 is 1.87 bits per heavy atom. The van der Waals surface area contributed by atoms with Crippen LogP contribution in [0.1, 0.15) is 13.3 Å². The van der Waals surface area contributed by atoms with Gasteiger partial charge in [-0.05, 0) is 31.3 Å². The number of nitrogens with zero attached hydrogens (tertiary/aromatic N) is 1. The van der Waals surface area contributed by atoms with Crippen molar-refractivity contribution in [2.24, 2.45) is 11.8 Å². The zero-order chi connectivity index (χ0) is 11.1. The van der Waals surface area contributed by atoms with E-state index >= 15 is 0 Å². The molecule has 0 saturated carbocycles. The van der Waals surface area contributed by atoms with E-state index in [1.54, 1.807) is 0 Å². The molecule has 0 spiro atoms. The number of likely N-dealkylation sites (tertiary alicyclic amines) is 1. The first-order valence-electron chi connectivity index (χ1n) is 5.34. The first kappa shape index (κ1) is 10.8. The smallest absolute Gasteiger partial charge is 0.322 e. The average Bonchev–Trinajstić information content (AvgIpc) is 2.14. The molecule has 2 unspecified atom stereocenters. The van der Waals surface area contributed by atoms with Gasteiger partial charge in [0.15, 0.2) is 0 Å². The Bertz CT molecular complexity index is 253. The number of alkyl halides is 2. The summed E-state index contributed by atoms with van der Waals surface area (Å²) in [6.45, 7) is 3.32. The van der Waals surface area contributed by atoms with Crippen LogP contribution in [0.25, 0.3) is 0 Å². The fourth-order valence-corrected chi connectivity index (χ4v) is 2.55. The Morgan fingerprint density at radius 1 is 1.33 bits per heavy atom. The van der Waals surface area contributed by atoms with Crippen molar-refractivity contribution in [3.8, 4) is 0 Å². The predicted molar refractivity (Wildman–Crippen MR) is 51.7 cm³/mol. The maximum Gasteiger partial charge on any atom is 0.322 e. The zero-order valence-electron chi connectivity index (χ0n) is 8.80. The number of carbonyl (C=O) groups excluding carboxylic acids is 1. The molecule has 86 valence electrons. The Hall–Kier alpha value is -0.710. The number of hydrogen-bond acceptors (Lipinski definition) is 2. The molecule has 1 N–H and O–H groups in total. The van der Waals surface area contributed by atoms with Gasteiger partial charge in [0.05, 0.1) is 0 Å². The average molecular weight is 218 g/mol. The summed E-state index contributed by atoms with van der Waals surface area (Å²) in [5, 5.41) is 3.26. The van der Waals surface area contributed by atoms with E-state index in [1.165, 1.54) is 4.90 Å². The molecule has 1 amide bonds. The fourth-order valence-electron chi connectivity index (χ4n) is 2.55. The molecule has 0 aliphatic carbocycles. The third-order valence-electron chi connectivity index (χ3n) is 3.15. The second-order valence-electron chi connectivity index (χ2n) is 4.72. The lowest BCUT2D eigenvalue weighted by Gasteiger charge is -2.42. The molecule has 15 heavy (non-hydrogen) atoms. The number of hydrogen-bond donors (Lipinski definition) is 1. The number of amides is 1. The van der Waals surface area contributed by atoms with Gasteiger partial charge in [0, 0.05) is 20.0 Å².